The van der Waals surface area contributed by atoms with Gasteiger partial charge in [-0.2, -0.15) is 0 Å². The van der Waals surface area contributed by atoms with E-state index in [4.69, 9.17) is 9.98 Å². The molecule has 1 unspecified atom stereocenters. The van der Waals surface area contributed by atoms with Gasteiger partial charge in [-0.25, -0.2) is 9.97 Å². The van der Waals surface area contributed by atoms with E-state index < -0.39 is 24.6 Å². The first-order chi connectivity index (χ1) is 23.4. The number of aliphatic imine (C=N–C) groups is 1. The molecule has 262 valence electrons. The predicted octanol–water partition coefficient (Wildman–Crippen LogP) is 2.81. The van der Waals surface area contributed by atoms with Crippen molar-refractivity contribution in [3.05, 3.63) is 41.9 Å². The largest absolute Gasteiger partial charge is 0.387 e. The normalized spacial score (nSPS) is 20.7. The van der Waals surface area contributed by atoms with E-state index in [0.717, 1.165) is 58.2 Å². The first kappa shape index (κ1) is 34.5. The minimum atomic E-state index is -0.725. The first-order valence-corrected chi connectivity index (χ1v) is 17.8. The number of aliphatic hydroxyl groups excluding tert-OH is 1. The number of carbonyl (C=O) groups excluding carboxylic acids is 4. The minimum Gasteiger partial charge on any atom is -0.387 e. The van der Waals surface area contributed by atoms with Gasteiger partial charge in [0.05, 0.1) is 34.6 Å². The van der Waals surface area contributed by atoms with Crippen LogP contribution in [0.3, 0.4) is 0 Å². The topological polar surface area (TPSA) is 177 Å². The van der Waals surface area contributed by atoms with Gasteiger partial charge in [0.1, 0.15) is 30.2 Å². The summed E-state index contributed by atoms with van der Waals surface area (Å²) in [5, 5.41) is 14.7. The lowest BCUT2D eigenvalue weighted by Gasteiger charge is -2.31. The quantitative estimate of drug-likeness (QED) is 0.239. The third-order valence-corrected chi connectivity index (χ3v) is 10.6. The van der Waals surface area contributed by atoms with E-state index in [-0.39, 0.29) is 41.6 Å². The molecule has 3 aliphatic heterocycles. The van der Waals surface area contributed by atoms with Crippen molar-refractivity contribution in [2.24, 2.45) is 16.8 Å². The monoisotopic (exact) mass is 691 g/mol. The van der Waals surface area contributed by atoms with E-state index in [9.17, 15) is 24.3 Å². The average Bonchev–Trinajstić information content (AvgIpc) is 3.89. The van der Waals surface area contributed by atoms with Crippen LogP contribution in [0, 0.1) is 11.8 Å². The molecule has 0 radical (unpaired) electrons. The number of likely N-dealkylation sites (tertiary alicyclic amines) is 2. The second kappa shape index (κ2) is 14.2. The zero-order valence-electron chi connectivity index (χ0n) is 28.6. The predicted molar refractivity (Wildman–Crippen MR) is 185 cm³/mol. The fourth-order valence-electron chi connectivity index (χ4n) is 7.05. The number of thiazole rings is 1. The Morgan fingerprint density at radius 1 is 0.980 bits per heavy atom. The van der Waals surface area contributed by atoms with Crippen LogP contribution in [0.15, 0.2) is 35.4 Å². The summed E-state index contributed by atoms with van der Waals surface area (Å²) >= 11 is 1.52. The second-order valence-electron chi connectivity index (χ2n) is 13.8. The molecule has 3 aromatic heterocycles. The number of hydrogen-bond donors (Lipinski definition) is 4. The highest BCUT2D eigenvalue weighted by Crippen LogP contribution is 2.35. The van der Waals surface area contributed by atoms with Crippen molar-refractivity contribution in [1.82, 2.24) is 39.8 Å². The Bertz CT molecular complexity index is 1770. The molecule has 15 heteroatoms. The van der Waals surface area contributed by atoms with Gasteiger partial charge >= 0.3 is 0 Å². The standard InChI is InChI=1S/C34H45N9O5S/c1-18(2)29(37-20(5)45)32(47)42-10-6-8-25(42)21-12-22(35-13-21)24-15-41-16-27(49-34(41)39-24)23-14-36-31(38-23)26-9-7-11-43(26)33(48)30(19(3)4)40-28(46)17-44/h13-16,18-19,25-26,29-30,44H,6-12,17H2,1-5H3,(H,36,38)(H,37,45)(H,40,46)/t25?,26-,29-,30-/m0/s1. The van der Waals surface area contributed by atoms with Gasteiger partial charge in [-0.15, -0.1) is 0 Å². The number of aromatic amines is 1. The van der Waals surface area contributed by atoms with Gasteiger partial charge in [0.15, 0.2) is 4.96 Å². The summed E-state index contributed by atoms with van der Waals surface area (Å²) in [6.07, 6.45) is 11.6. The molecule has 6 heterocycles. The maximum Gasteiger partial charge on any atom is 0.246 e. The van der Waals surface area contributed by atoms with Crippen LogP contribution < -0.4 is 10.6 Å². The Hall–Kier alpha value is -4.37. The molecule has 0 spiro atoms. The molecular weight excluding hydrogens is 646 g/mol. The highest BCUT2D eigenvalue weighted by molar-refractivity contribution is 7.20. The van der Waals surface area contributed by atoms with Crippen LogP contribution in [-0.4, -0.2) is 101 Å². The average molecular weight is 692 g/mol. The molecule has 6 rings (SSSR count). The third-order valence-electron chi connectivity index (χ3n) is 9.57. The highest BCUT2D eigenvalue weighted by Gasteiger charge is 2.39. The number of H-pyrrole nitrogens is 1. The summed E-state index contributed by atoms with van der Waals surface area (Å²) < 4.78 is 1.98. The van der Waals surface area contributed by atoms with E-state index in [2.05, 4.69) is 20.6 Å². The maximum absolute atomic E-state index is 13.5. The molecule has 3 aromatic rings. The Kier molecular flexibility index (Phi) is 10.0. The van der Waals surface area contributed by atoms with Crippen molar-refractivity contribution in [1.29, 1.82) is 0 Å². The van der Waals surface area contributed by atoms with Gasteiger partial charge in [-0.1, -0.05) is 39.0 Å². The van der Waals surface area contributed by atoms with Crippen molar-refractivity contribution >= 4 is 45.6 Å². The van der Waals surface area contributed by atoms with Crippen molar-refractivity contribution in [2.45, 2.75) is 90.9 Å². The molecule has 4 N–H and O–H groups in total. The second-order valence-corrected chi connectivity index (χ2v) is 14.8. The molecule has 4 atom stereocenters. The summed E-state index contributed by atoms with van der Waals surface area (Å²) in [7, 11) is 0. The lowest BCUT2D eigenvalue weighted by atomic mass is 9.98. The Morgan fingerprint density at radius 3 is 2.27 bits per heavy atom. The van der Waals surface area contributed by atoms with Crippen LogP contribution >= 0.6 is 11.3 Å². The Labute approximate surface area is 289 Å². The van der Waals surface area contributed by atoms with Crippen molar-refractivity contribution < 1.29 is 24.3 Å². The van der Waals surface area contributed by atoms with Crippen molar-refractivity contribution in [3.63, 3.8) is 0 Å². The van der Waals surface area contributed by atoms with Crippen LogP contribution in [0.1, 0.15) is 84.3 Å². The number of nitrogens with one attached hydrogen (secondary N) is 3. The molecule has 2 fully saturated rings. The number of hydrogen-bond acceptors (Lipinski definition) is 9. The van der Waals surface area contributed by atoms with Gasteiger partial charge in [-0.3, -0.25) is 28.6 Å². The van der Waals surface area contributed by atoms with Crippen LogP contribution in [-0.2, 0) is 19.2 Å². The van der Waals surface area contributed by atoms with Crippen molar-refractivity contribution in [3.8, 4) is 10.6 Å². The van der Waals surface area contributed by atoms with Gasteiger partial charge in [-0.05, 0) is 43.1 Å². The molecule has 0 saturated carbocycles. The van der Waals surface area contributed by atoms with Gasteiger partial charge in [0.2, 0.25) is 23.6 Å². The van der Waals surface area contributed by atoms with E-state index in [1.807, 2.05) is 55.6 Å². The lowest BCUT2D eigenvalue weighted by Crippen LogP contribution is -2.52. The molecule has 0 bridgehead atoms. The zero-order valence-corrected chi connectivity index (χ0v) is 29.4. The maximum atomic E-state index is 13.5. The minimum absolute atomic E-state index is 0.0174. The molecule has 4 amide bonds. The Balaban J connectivity index is 1.11. The number of aromatic nitrogens is 4. The summed E-state index contributed by atoms with van der Waals surface area (Å²) in [6.45, 7) is 9.64. The molecular formula is C34H45N9O5S. The fourth-order valence-corrected chi connectivity index (χ4v) is 7.98. The van der Waals surface area contributed by atoms with Crippen LogP contribution in [0.5, 0.6) is 0 Å². The third kappa shape index (κ3) is 7.04. The highest BCUT2D eigenvalue weighted by atomic mass is 32.1. The van der Waals surface area contributed by atoms with E-state index in [1.54, 1.807) is 11.1 Å². The number of carbonyl (C=O) groups is 4. The number of rotatable bonds is 11. The molecule has 3 aliphatic rings. The molecule has 0 aliphatic carbocycles. The number of aliphatic hydroxyl groups is 1. The van der Waals surface area contributed by atoms with Crippen LogP contribution in [0.2, 0.25) is 0 Å². The number of fused-ring (bicyclic) bond motifs is 1. The Morgan fingerprint density at radius 2 is 1.63 bits per heavy atom. The summed E-state index contributed by atoms with van der Waals surface area (Å²) in [5.41, 5.74) is 3.56. The number of nitrogens with zero attached hydrogens (tertiary/aromatic N) is 6. The van der Waals surface area contributed by atoms with E-state index in [0.29, 0.717) is 25.3 Å². The van der Waals surface area contributed by atoms with Crippen molar-refractivity contribution in [2.75, 3.05) is 19.7 Å². The summed E-state index contributed by atoms with van der Waals surface area (Å²) in [5.74, 6) is -0.463. The first-order valence-electron chi connectivity index (χ1n) is 17.0. The van der Waals surface area contributed by atoms with Gasteiger partial charge < -0.3 is 30.5 Å². The molecule has 2 saturated heterocycles. The van der Waals surface area contributed by atoms with Crippen LogP contribution in [0.25, 0.3) is 15.5 Å². The summed E-state index contributed by atoms with van der Waals surface area (Å²) in [4.78, 5) is 73.7. The van der Waals surface area contributed by atoms with Gasteiger partial charge in [0.25, 0.3) is 0 Å². The molecule has 14 nitrogen and oxygen atoms in total. The SMILES string of the molecule is CC(=O)N[C@H](C(=O)N1CCCC1C1=CN=C(c2cn3cc(-c4cnc([C@@H]5CCCN5C(=O)[C@@H](NC(=O)CO)C(C)C)[nH]4)sc3n2)C1)C(C)C. The lowest BCUT2D eigenvalue weighted by molar-refractivity contribution is -0.139. The summed E-state index contributed by atoms with van der Waals surface area (Å²) in [6, 6.07) is -1.56. The smallest absolute Gasteiger partial charge is 0.246 e. The molecule has 0 aromatic carbocycles. The fraction of sp³-hybridized carbons (Fsp3) is 0.559. The zero-order chi connectivity index (χ0) is 35.0. The van der Waals surface area contributed by atoms with Crippen LogP contribution in [0.4, 0.5) is 0 Å². The van der Waals surface area contributed by atoms with Gasteiger partial charge in [0, 0.05) is 45.0 Å². The number of amides is 4. The molecule has 49 heavy (non-hydrogen) atoms. The van der Waals surface area contributed by atoms with E-state index >= 15 is 0 Å². The van der Waals surface area contributed by atoms with E-state index in [1.165, 1.54) is 18.3 Å². The number of imidazole rings is 2.